The number of hydrogen-bond acceptors (Lipinski definition) is 3. The first-order valence-corrected chi connectivity index (χ1v) is 15.8. The maximum Gasteiger partial charge on any atom is 0.408 e. The Bertz CT molecular complexity index is 695. The Kier molecular flexibility index (Phi) is 21.5. The molecule has 1 aromatic rings. The summed E-state index contributed by atoms with van der Waals surface area (Å²) in [6.07, 6.45) is 23.1. The van der Waals surface area contributed by atoms with E-state index in [1.807, 2.05) is 44.2 Å². The molecular formula is C33H58N2O3. The van der Waals surface area contributed by atoms with Gasteiger partial charge in [0.15, 0.2) is 0 Å². The van der Waals surface area contributed by atoms with Crippen LogP contribution in [0.1, 0.15) is 142 Å². The highest BCUT2D eigenvalue weighted by Gasteiger charge is 2.26. The van der Waals surface area contributed by atoms with E-state index < -0.39 is 12.1 Å². The summed E-state index contributed by atoms with van der Waals surface area (Å²) in [4.78, 5) is 25.0. The van der Waals surface area contributed by atoms with Gasteiger partial charge in [-0.3, -0.25) is 4.79 Å². The number of carbonyl (C=O) groups is 2. The zero-order valence-electron chi connectivity index (χ0n) is 24.9. The van der Waals surface area contributed by atoms with Crippen molar-refractivity contribution in [1.29, 1.82) is 0 Å². The third kappa shape index (κ3) is 18.3. The van der Waals surface area contributed by atoms with Gasteiger partial charge in [0, 0.05) is 6.54 Å². The van der Waals surface area contributed by atoms with E-state index in [0.717, 1.165) is 24.8 Å². The molecule has 0 bridgehead atoms. The molecule has 0 unspecified atom stereocenters. The number of carbonyl (C=O) groups excluding carboxylic acids is 2. The molecule has 0 saturated carbocycles. The maximum atomic E-state index is 12.7. The smallest absolute Gasteiger partial charge is 0.408 e. The van der Waals surface area contributed by atoms with Gasteiger partial charge < -0.3 is 15.4 Å². The van der Waals surface area contributed by atoms with Crippen LogP contribution in [0.25, 0.3) is 0 Å². The average molecular weight is 531 g/mol. The second-order valence-corrected chi connectivity index (χ2v) is 11.0. The molecule has 2 amide bonds. The van der Waals surface area contributed by atoms with E-state index >= 15 is 0 Å². The van der Waals surface area contributed by atoms with E-state index in [-0.39, 0.29) is 18.4 Å². The molecule has 5 heteroatoms. The molecule has 0 aliphatic carbocycles. The van der Waals surface area contributed by atoms with Crippen molar-refractivity contribution in [2.75, 3.05) is 6.54 Å². The summed E-state index contributed by atoms with van der Waals surface area (Å²) in [5.74, 6) is -0.0812. The third-order valence-corrected chi connectivity index (χ3v) is 7.56. The molecule has 2 atom stereocenters. The molecule has 0 heterocycles. The summed E-state index contributed by atoms with van der Waals surface area (Å²) >= 11 is 0. The van der Waals surface area contributed by atoms with Crippen LogP contribution in [0.4, 0.5) is 4.79 Å². The molecule has 38 heavy (non-hydrogen) atoms. The lowest BCUT2D eigenvalue weighted by Gasteiger charge is -2.23. The first-order chi connectivity index (χ1) is 18.6. The number of alkyl carbamates (subject to hydrolysis) is 1. The van der Waals surface area contributed by atoms with Crippen molar-refractivity contribution in [3.05, 3.63) is 35.9 Å². The largest absolute Gasteiger partial charge is 0.445 e. The number of rotatable bonds is 24. The summed E-state index contributed by atoms with van der Waals surface area (Å²) in [5, 5.41) is 5.79. The highest BCUT2D eigenvalue weighted by Crippen LogP contribution is 2.14. The average Bonchev–Trinajstić information content (AvgIpc) is 2.94. The van der Waals surface area contributed by atoms with Crippen LogP contribution in [0.3, 0.4) is 0 Å². The standard InChI is InChI=1S/C33H58N2O3/c1-4-6-7-8-9-10-11-12-13-14-15-16-17-18-19-20-24-27-34-32(36)31(29(3)5-2)35-33(37)38-28-30-25-22-21-23-26-30/h21-23,25-26,29,31H,4-20,24,27-28H2,1-3H3,(H,34,36)(H,35,37)/t29-,31-/m0/s1. The van der Waals surface area contributed by atoms with Crippen molar-refractivity contribution in [3.63, 3.8) is 0 Å². The van der Waals surface area contributed by atoms with Crippen LogP contribution in [0, 0.1) is 5.92 Å². The second-order valence-electron chi connectivity index (χ2n) is 11.0. The van der Waals surface area contributed by atoms with Gasteiger partial charge in [0.2, 0.25) is 5.91 Å². The van der Waals surface area contributed by atoms with Crippen molar-refractivity contribution in [2.45, 2.75) is 149 Å². The van der Waals surface area contributed by atoms with Crippen molar-refractivity contribution >= 4 is 12.0 Å². The molecule has 218 valence electrons. The molecule has 2 N–H and O–H groups in total. The van der Waals surface area contributed by atoms with E-state index in [4.69, 9.17) is 4.74 Å². The SMILES string of the molecule is CCCCCCCCCCCCCCCCCCCNC(=O)[C@@H](NC(=O)OCc1ccccc1)[C@@H](C)CC. The molecule has 0 aliphatic rings. The molecular weight excluding hydrogens is 472 g/mol. The van der Waals surface area contributed by atoms with Gasteiger partial charge in [-0.2, -0.15) is 0 Å². The van der Waals surface area contributed by atoms with Crippen LogP contribution in [0.5, 0.6) is 0 Å². The summed E-state index contributed by atoms with van der Waals surface area (Å²) in [5.41, 5.74) is 0.922. The van der Waals surface area contributed by atoms with E-state index in [1.165, 1.54) is 96.3 Å². The van der Waals surface area contributed by atoms with Crippen LogP contribution in [-0.2, 0) is 16.1 Å². The molecule has 5 nitrogen and oxygen atoms in total. The zero-order valence-corrected chi connectivity index (χ0v) is 24.9. The molecule has 1 aromatic carbocycles. The molecule has 0 saturated heterocycles. The van der Waals surface area contributed by atoms with Crippen LogP contribution < -0.4 is 10.6 Å². The minimum Gasteiger partial charge on any atom is -0.445 e. The van der Waals surface area contributed by atoms with Crippen LogP contribution in [0.2, 0.25) is 0 Å². The Hall–Kier alpha value is -2.04. The third-order valence-electron chi connectivity index (χ3n) is 7.56. The molecule has 0 aliphatic heterocycles. The van der Waals surface area contributed by atoms with Crippen LogP contribution in [0.15, 0.2) is 30.3 Å². The molecule has 1 rings (SSSR count). The van der Waals surface area contributed by atoms with Crippen molar-refractivity contribution < 1.29 is 14.3 Å². The quantitative estimate of drug-likeness (QED) is 0.131. The summed E-state index contributed by atoms with van der Waals surface area (Å²) in [7, 11) is 0. The number of ether oxygens (including phenoxy) is 1. The first kappa shape index (κ1) is 34.0. The maximum absolute atomic E-state index is 12.7. The van der Waals surface area contributed by atoms with Crippen molar-refractivity contribution in [2.24, 2.45) is 5.92 Å². The monoisotopic (exact) mass is 530 g/mol. The lowest BCUT2D eigenvalue weighted by Crippen LogP contribution is -2.50. The topological polar surface area (TPSA) is 67.4 Å². The van der Waals surface area contributed by atoms with Gasteiger partial charge in [0.25, 0.3) is 0 Å². The fourth-order valence-corrected chi connectivity index (χ4v) is 4.77. The lowest BCUT2D eigenvalue weighted by atomic mass is 9.98. The van der Waals surface area contributed by atoms with Gasteiger partial charge in [-0.15, -0.1) is 0 Å². The van der Waals surface area contributed by atoms with Gasteiger partial charge in [0.1, 0.15) is 12.6 Å². The molecule has 0 radical (unpaired) electrons. The second kappa shape index (κ2) is 24.0. The van der Waals surface area contributed by atoms with Gasteiger partial charge in [-0.25, -0.2) is 4.79 Å². The fourth-order valence-electron chi connectivity index (χ4n) is 4.77. The Labute approximate surface area is 234 Å². The molecule has 0 aromatic heterocycles. The van der Waals surface area contributed by atoms with E-state index in [2.05, 4.69) is 17.6 Å². The number of amides is 2. The minimum absolute atomic E-state index is 0.0369. The highest BCUT2D eigenvalue weighted by atomic mass is 16.5. The lowest BCUT2D eigenvalue weighted by molar-refractivity contribution is -0.124. The Morgan fingerprint density at radius 2 is 1.18 bits per heavy atom. The van der Waals surface area contributed by atoms with Crippen LogP contribution >= 0.6 is 0 Å². The summed E-state index contributed by atoms with van der Waals surface area (Å²) in [6, 6.07) is 8.98. The van der Waals surface area contributed by atoms with Crippen molar-refractivity contribution in [3.8, 4) is 0 Å². The van der Waals surface area contributed by atoms with E-state index in [1.54, 1.807) is 0 Å². The van der Waals surface area contributed by atoms with Gasteiger partial charge in [0.05, 0.1) is 0 Å². The predicted molar refractivity (Wildman–Crippen MR) is 160 cm³/mol. The number of nitrogens with one attached hydrogen (secondary N) is 2. The predicted octanol–water partition coefficient (Wildman–Crippen LogP) is 9.10. The van der Waals surface area contributed by atoms with Crippen molar-refractivity contribution in [1.82, 2.24) is 10.6 Å². The highest BCUT2D eigenvalue weighted by molar-refractivity contribution is 5.85. The number of hydrogen-bond donors (Lipinski definition) is 2. The number of unbranched alkanes of at least 4 members (excludes halogenated alkanes) is 16. The van der Waals surface area contributed by atoms with E-state index in [0.29, 0.717) is 6.54 Å². The minimum atomic E-state index is -0.575. The summed E-state index contributed by atoms with van der Waals surface area (Å²) < 4.78 is 5.32. The van der Waals surface area contributed by atoms with Gasteiger partial charge in [-0.1, -0.05) is 160 Å². The normalized spacial score (nSPS) is 12.6. The van der Waals surface area contributed by atoms with Gasteiger partial charge >= 0.3 is 6.09 Å². The van der Waals surface area contributed by atoms with Crippen LogP contribution in [-0.4, -0.2) is 24.6 Å². The molecule has 0 spiro atoms. The first-order valence-electron chi connectivity index (χ1n) is 15.8. The molecule has 0 fully saturated rings. The Morgan fingerprint density at radius 1 is 0.711 bits per heavy atom. The summed E-state index contributed by atoms with van der Waals surface area (Å²) in [6.45, 7) is 7.14. The zero-order chi connectivity index (χ0) is 27.7. The number of benzene rings is 1. The van der Waals surface area contributed by atoms with E-state index in [9.17, 15) is 9.59 Å². The van der Waals surface area contributed by atoms with Gasteiger partial charge in [-0.05, 0) is 17.9 Å². The fraction of sp³-hybridized carbons (Fsp3) is 0.758. The Morgan fingerprint density at radius 3 is 1.66 bits per heavy atom. The Balaban J connectivity index is 2.02.